The molecule has 0 aliphatic heterocycles. The van der Waals surface area contributed by atoms with E-state index in [1.165, 1.54) is 19.1 Å². The normalized spacial score (nSPS) is 11.6. The van der Waals surface area contributed by atoms with Gasteiger partial charge in [-0.1, -0.05) is 6.07 Å². The summed E-state index contributed by atoms with van der Waals surface area (Å²) in [5.41, 5.74) is 0.573. The lowest BCUT2D eigenvalue weighted by Crippen LogP contribution is -2.31. The van der Waals surface area contributed by atoms with Crippen LogP contribution in [0, 0.1) is 11.3 Å². The minimum atomic E-state index is -0.987. The Morgan fingerprint density at radius 1 is 1.29 bits per heavy atom. The number of carbonyl (C=O) groups excluding carboxylic acids is 2. The van der Waals surface area contributed by atoms with E-state index in [1.54, 1.807) is 29.1 Å². The van der Waals surface area contributed by atoms with Crippen molar-refractivity contribution < 1.29 is 14.3 Å². The molecule has 0 unspecified atom stereocenters. The van der Waals surface area contributed by atoms with Gasteiger partial charge in [0.25, 0.3) is 5.91 Å². The topological polar surface area (TPSA) is 97.0 Å². The Balaban J connectivity index is 2.02. The molecule has 0 saturated carbocycles. The summed E-state index contributed by atoms with van der Waals surface area (Å²) >= 11 is 0. The molecular weight excluding hydrogens is 308 g/mol. The molecule has 1 heterocycles. The summed E-state index contributed by atoms with van der Waals surface area (Å²) in [7, 11) is 0. The van der Waals surface area contributed by atoms with Gasteiger partial charge in [-0.25, -0.2) is 9.48 Å². The summed E-state index contributed by atoms with van der Waals surface area (Å²) in [6, 6.07) is 9.82. The minimum absolute atomic E-state index is 0.0851. The van der Waals surface area contributed by atoms with Crippen LogP contribution in [0.4, 0.5) is 5.82 Å². The van der Waals surface area contributed by atoms with Crippen LogP contribution in [0.2, 0.25) is 0 Å². The summed E-state index contributed by atoms with van der Waals surface area (Å²) in [4.78, 5) is 24.3. The zero-order valence-corrected chi connectivity index (χ0v) is 13.7. The minimum Gasteiger partial charge on any atom is -0.449 e. The fourth-order valence-electron chi connectivity index (χ4n) is 2.05. The third-order valence-electron chi connectivity index (χ3n) is 3.29. The first kappa shape index (κ1) is 17.2. The zero-order chi connectivity index (χ0) is 17.7. The number of rotatable bonds is 5. The second-order valence-electron chi connectivity index (χ2n) is 5.48. The molecule has 1 aromatic heterocycles. The van der Waals surface area contributed by atoms with Crippen LogP contribution in [0.15, 0.2) is 36.5 Å². The monoisotopic (exact) mass is 326 g/mol. The highest BCUT2D eigenvalue weighted by molar-refractivity contribution is 5.97. The summed E-state index contributed by atoms with van der Waals surface area (Å²) in [6.45, 7) is 5.36. The number of amides is 1. The van der Waals surface area contributed by atoms with Gasteiger partial charge in [-0.15, -0.1) is 0 Å². The lowest BCUT2D eigenvalue weighted by Gasteiger charge is -2.15. The summed E-state index contributed by atoms with van der Waals surface area (Å²) in [5.74, 6) is -0.585. The highest BCUT2D eigenvalue weighted by Crippen LogP contribution is 2.14. The molecule has 24 heavy (non-hydrogen) atoms. The Morgan fingerprint density at radius 2 is 2.04 bits per heavy atom. The fraction of sp³-hybridized carbons (Fsp3) is 0.294. The van der Waals surface area contributed by atoms with Crippen molar-refractivity contribution in [3.8, 4) is 6.07 Å². The van der Waals surface area contributed by atoms with Crippen molar-refractivity contribution in [2.75, 3.05) is 5.32 Å². The molecule has 0 radical (unpaired) electrons. The second kappa shape index (κ2) is 7.42. The maximum Gasteiger partial charge on any atom is 0.338 e. The fourth-order valence-corrected chi connectivity index (χ4v) is 2.05. The van der Waals surface area contributed by atoms with Crippen LogP contribution in [-0.2, 0) is 9.53 Å². The highest BCUT2D eigenvalue weighted by atomic mass is 16.5. The largest absolute Gasteiger partial charge is 0.449 e. The number of benzene rings is 1. The first-order chi connectivity index (χ1) is 11.4. The number of aromatic nitrogens is 2. The SMILES string of the molecule is CC(C)n1nccc1NC(=O)[C@H](C)OC(=O)c1cccc(C#N)c1. The van der Waals surface area contributed by atoms with E-state index in [2.05, 4.69) is 10.4 Å². The molecule has 2 rings (SSSR count). The van der Waals surface area contributed by atoms with Gasteiger partial charge in [0, 0.05) is 12.1 Å². The summed E-state index contributed by atoms with van der Waals surface area (Å²) < 4.78 is 6.81. The van der Waals surface area contributed by atoms with Gasteiger partial charge in [0.2, 0.25) is 0 Å². The van der Waals surface area contributed by atoms with E-state index < -0.39 is 18.0 Å². The number of esters is 1. The molecule has 1 atom stereocenters. The van der Waals surface area contributed by atoms with Crippen molar-refractivity contribution in [1.29, 1.82) is 5.26 Å². The van der Waals surface area contributed by atoms with Crippen molar-refractivity contribution in [2.45, 2.75) is 32.9 Å². The van der Waals surface area contributed by atoms with Crippen molar-refractivity contribution in [1.82, 2.24) is 9.78 Å². The van der Waals surface area contributed by atoms with Gasteiger partial charge in [-0.3, -0.25) is 4.79 Å². The maximum absolute atomic E-state index is 12.2. The van der Waals surface area contributed by atoms with Crippen molar-refractivity contribution in [3.05, 3.63) is 47.7 Å². The van der Waals surface area contributed by atoms with Gasteiger partial charge in [0.1, 0.15) is 5.82 Å². The predicted molar refractivity (Wildman–Crippen MR) is 87.3 cm³/mol. The molecule has 2 aromatic rings. The molecule has 0 spiro atoms. The molecule has 0 aliphatic carbocycles. The van der Waals surface area contributed by atoms with E-state index in [1.807, 2.05) is 19.9 Å². The Bertz CT molecular complexity index is 789. The molecule has 0 fully saturated rings. The number of anilines is 1. The quantitative estimate of drug-likeness (QED) is 0.852. The predicted octanol–water partition coefficient (Wildman–Crippen LogP) is 2.52. The average Bonchev–Trinajstić information content (AvgIpc) is 3.03. The number of nitrogens with zero attached hydrogens (tertiary/aromatic N) is 3. The highest BCUT2D eigenvalue weighted by Gasteiger charge is 2.20. The lowest BCUT2D eigenvalue weighted by atomic mass is 10.1. The molecule has 1 N–H and O–H groups in total. The first-order valence-electron chi connectivity index (χ1n) is 7.48. The van der Waals surface area contributed by atoms with Crippen LogP contribution in [0.5, 0.6) is 0 Å². The van der Waals surface area contributed by atoms with Crippen molar-refractivity contribution in [3.63, 3.8) is 0 Å². The standard InChI is InChI=1S/C17H18N4O3/c1-11(2)21-15(7-8-19-21)20-16(22)12(3)24-17(23)14-6-4-5-13(9-14)10-18/h4-9,11-12H,1-3H3,(H,20,22)/t12-/m0/s1. The van der Waals surface area contributed by atoms with Gasteiger partial charge in [-0.2, -0.15) is 10.4 Å². The maximum atomic E-state index is 12.2. The number of carbonyl (C=O) groups is 2. The van der Waals surface area contributed by atoms with Gasteiger partial charge in [0.15, 0.2) is 6.10 Å². The molecule has 7 heteroatoms. The Labute approximate surface area is 139 Å². The van der Waals surface area contributed by atoms with E-state index in [0.29, 0.717) is 11.4 Å². The third kappa shape index (κ3) is 3.98. The Morgan fingerprint density at radius 3 is 2.71 bits per heavy atom. The smallest absolute Gasteiger partial charge is 0.338 e. The third-order valence-corrected chi connectivity index (χ3v) is 3.29. The Kier molecular flexibility index (Phi) is 5.32. The van der Waals surface area contributed by atoms with Gasteiger partial charge in [0.05, 0.1) is 23.4 Å². The van der Waals surface area contributed by atoms with Gasteiger partial charge in [-0.05, 0) is 39.0 Å². The van der Waals surface area contributed by atoms with E-state index >= 15 is 0 Å². The van der Waals surface area contributed by atoms with Crippen molar-refractivity contribution in [2.24, 2.45) is 0 Å². The van der Waals surface area contributed by atoms with E-state index in [-0.39, 0.29) is 11.6 Å². The first-order valence-corrected chi connectivity index (χ1v) is 7.48. The van der Waals surface area contributed by atoms with Crippen LogP contribution in [0.1, 0.15) is 42.7 Å². The zero-order valence-electron chi connectivity index (χ0n) is 13.7. The number of hydrogen-bond acceptors (Lipinski definition) is 5. The van der Waals surface area contributed by atoms with Crippen LogP contribution in [-0.4, -0.2) is 27.8 Å². The number of hydrogen-bond donors (Lipinski definition) is 1. The Hall–Kier alpha value is -3.14. The molecule has 0 saturated heterocycles. The van der Waals surface area contributed by atoms with Gasteiger partial charge >= 0.3 is 5.97 Å². The molecule has 7 nitrogen and oxygen atoms in total. The van der Waals surface area contributed by atoms with Crippen LogP contribution < -0.4 is 5.32 Å². The van der Waals surface area contributed by atoms with Crippen LogP contribution in [0.3, 0.4) is 0 Å². The second-order valence-corrected chi connectivity index (χ2v) is 5.48. The summed E-state index contributed by atoms with van der Waals surface area (Å²) in [6.07, 6.45) is 0.596. The van der Waals surface area contributed by atoms with Crippen LogP contribution >= 0.6 is 0 Å². The van der Waals surface area contributed by atoms with E-state index in [9.17, 15) is 9.59 Å². The molecule has 1 amide bonds. The number of nitrogens with one attached hydrogen (secondary N) is 1. The average molecular weight is 326 g/mol. The molecule has 1 aromatic carbocycles. The lowest BCUT2D eigenvalue weighted by molar-refractivity contribution is -0.123. The molecule has 124 valence electrons. The molecule has 0 aliphatic rings. The van der Waals surface area contributed by atoms with Crippen molar-refractivity contribution >= 4 is 17.7 Å². The van der Waals surface area contributed by atoms with E-state index in [0.717, 1.165) is 0 Å². The summed E-state index contributed by atoms with van der Waals surface area (Å²) in [5, 5.41) is 15.7. The number of nitriles is 1. The number of ether oxygens (including phenoxy) is 1. The van der Waals surface area contributed by atoms with Gasteiger partial charge < -0.3 is 10.1 Å². The van der Waals surface area contributed by atoms with Crippen LogP contribution in [0.25, 0.3) is 0 Å². The van der Waals surface area contributed by atoms with E-state index in [4.69, 9.17) is 10.00 Å². The molecule has 0 bridgehead atoms. The molecular formula is C17H18N4O3.